The zero-order valence-corrected chi connectivity index (χ0v) is 26.8. The van der Waals surface area contributed by atoms with Gasteiger partial charge >= 0.3 is 0 Å². The first-order valence-electron chi connectivity index (χ1n) is 14.6. The summed E-state index contributed by atoms with van der Waals surface area (Å²) in [5, 5.41) is 3.33. The molecule has 1 N–H and O–H groups in total. The van der Waals surface area contributed by atoms with Crippen LogP contribution >= 0.6 is 11.6 Å². The number of carbonyl (C=O) groups is 2. The van der Waals surface area contributed by atoms with Gasteiger partial charge in [0.2, 0.25) is 11.8 Å². The van der Waals surface area contributed by atoms with Crippen molar-refractivity contribution in [2.75, 3.05) is 17.4 Å². The van der Waals surface area contributed by atoms with E-state index in [9.17, 15) is 18.0 Å². The lowest BCUT2D eigenvalue weighted by Crippen LogP contribution is -2.53. The second-order valence-electron chi connectivity index (χ2n) is 10.8. The molecule has 9 heteroatoms. The molecule has 0 radical (unpaired) electrons. The molecule has 0 aliphatic heterocycles. The van der Waals surface area contributed by atoms with Crippen molar-refractivity contribution in [3.05, 3.63) is 130 Å². The molecular weight excluding hydrogens is 594 g/mol. The van der Waals surface area contributed by atoms with Gasteiger partial charge in [0.1, 0.15) is 12.6 Å². The van der Waals surface area contributed by atoms with Gasteiger partial charge in [0.15, 0.2) is 0 Å². The zero-order chi connectivity index (χ0) is 31.7. The summed E-state index contributed by atoms with van der Waals surface area (Å²) in [6, 6.07) is 29.2. The Kier molecular flexibility index (Phi) is 11.2. The predicted octanol–water partition coefficient (Wildman–Crippen LogP) is 6.32. The zero-order valence-electron chi connectivity index (χ0n) is 25.2. The monoisotopic (exact) mass is 631 g/mol. The molecule has 0 aliphatic carbocycles. The first kappa shape index (κ1) is 32.8. The van der Waals surface area contributed by atoms with Crippen molar-refractivity contribution in [1.82, 2.24) is 10.2 Å². The number of aryl methyl sites for hydroxylation is 2. The van der Waals surface area contributed by atoms with Crippen molar-refractivity contribution >= 4 is 39.1 Å². The van der Waals surface area contributed by atoms with Crippen molar-refractivity contribution in [3.63, 3.8) is 0 Å². The average Bonchev–Trinajstić information content (AvgIpc) is 3.02. The summed E-state index contributed by atoms with van der Waals surface area (Å²) in [4.78, 5) is 29.7. The Morgan fingerprint density at radius 2 is 1.50 bits per heavy atom. The summed E-state index contributed by atoms with van der Waals surface area (Å²) in [7, 11) is -4.18. The molecule has 0 aromatic heterocycles. The number of benzene rings is 4. The number of rotatable bonds is 13. The summed E-state index contributed by atoms with van der Waals surface area (Å²) in [6.07, 6.45) is 0.989. The minimum atomic E-state index is -4.18. The number of hydrogen-bond acceptors (Lipinski definition) is 4. The Labute approximate surface area is 265 Å². The van der Waals surface area contributed by atoms with Crippen LogP contribution in [-0.2, 0) is 32.6 Å². The molecule has 0 unspecified atom stereocenters. The van der Waals surface area contributed by atoms with Crippen LogP contribution in [0.4, 0.5) is 5.69 Å². The van der Waals surface area contributed by atoms with E-state index in [4.69, 9.17) is 11.6 Å². The maximum absolute atomic E-state index is 14.5. The number of nitrogens with one attached hydrogen (secondary N) is 1. The minimum absolute atomic E-state index is 0.0382. The topological polar surface area (TPSA) is 86.8 Å². The number of nitrogens with zero attached hydrogens (tertiary/aromatic N) is 2. The number of hydrogen-bond donors (Lipinski definition) is 1. The Morgan fingerprint density at radius 3 is 2.14 bits per heavy atom. The summed E-state index contributed by atoms with van der Waals surface area (Å²) in [5.41, 5.74) is 3.74. The lowest BCUT2D eigenvalue weighted by atomic mass is 10.0. The van der Waals surface area contributed by atoms with E-state index >= 15 is 0 Å². The Morgan fingerprint density at radius 1 is 0.841 bits per heavy atom. The first-order valence-corrected chi connectivity index (χ1v) is 16.4. The number of halogens is 1. The molecule has 0 spiro atoms. The average molecular weight is 632 g/mol. The molecule has 0 aliphatic rings. The van der Waals surface area contributed by atoms with E-state index in [2.05, 4.69) is 5.32 Å². The maximum atomic E-state index is 14.5. The number of amides is 2. The molecule has 2 amide bonds. The van der Waals surface area contributed by atoms with Crippen LogP contribution in [0.3, 0.4) is 0 Å². The van der Waals surface area contributed by atoms with Gasteiger partial charge in [0.05, 0.1) is 10.6 Å². The van der Waals surface area contributed by atoms with Gasteiger partial charge in [-0.2, -0.15) is 0 Å². The lowest BCUT2D eigenvalue weighted by molar-refractivity contribution is -0.140. The standard InChI is InChI=1S/C35H38ClN3O4S/c1-4-20-37-35(41)33(22-28-13-7-5-8-14-28)38(24-29-15-11-12-26(2)21-29)34(40)25-39(30-19-18-27(3)32(36)23-30)44(42,43)31-16-9-6-10-17-31/h5-19,21,23,33H,4,20,22,24-25H2,1-3H3,(H,37,41)/t33-/m1/s1. The number of carbonyl (C=O) groups excluding carboxylic acids is 2. The normalized spacial score (nSPS) is 11.9. The molecule has 4 aromatic rings. The second-order valence-corrected chi connectivity index (χ2v) is 13.0. The third-order valence-corrected chi connectivity index (χ3v) is 9.50. The van der Waals surface area contributed by atoms with Crippen LogP contribution < -0.4 is 9.62 Å². The van der Waals surface area contributed by atoms with Gasteiger partial charge in [-0.3, -0.25) is 13.9 Å². The van der Waals surface area contributed by atoms with E-state index in [1.165, 1.54) is 17.0 Å². The van der Waals surface area contributed by atoms with Gasteiger partial charge in [0, 0.05) is 24.5 Å². The van der Waals surface area contributed by atoms with Gasteiger partial charge < -0.3 is 10.2 Å². The molecule has 4 rings (SSSR count). The lowest BCUT2D eigenvalue weighted by Gasteiger charge is -2.34. The fraction of sp³-hybridized carbons (Fsp3) is 0.257. The summed E-state index contributed by atoms with van der Waals surface area (Å²) in [6.45, 7) is 5.77. The highest BCUT2D eigenvalue weighted by Gasteiger charge is 2.34. The van der Waals surface area contributed by atoms with Crippen molar-refractivity contribution in [2.24, 2.45) is 0 Å². The predicted molar refractivity (Wildman–Crippen MR) is 176 cm³/mol. The molecule has 7 nitrogen and oxygen atoms in total. The quantitative estimate of drug-likeness (QED) is 0.187. The van der Waals surface area contributed by atoms with E-state index < -0.39 is 28.5 Å². The third kappa shape index (κ3) is 8.27. The SMILES string of the molecule is CCCNC(=O)[C@@H](Cc1ccccc1)N(Cc1cccc(C)c1)C(=O)CN(c1ccc(C)c(Cl)c1)S(=O)(=O)c1ccccc1. The summed E-state index contributed by atoms with van der Waals surface area (Å²) in [5.74, 6) is -0.817. The van der Waals surface area contributed by atoms with Crippen LogP contribution in [0, 0.1) is 13.8 Å². The van der Waals surface area contributed by atoms with Gasteiger partial charge in [-0.25, -0.2) is 8.42 Å². The molecule has 0 fully saturated rings. The second kappa shape index (κ2) is 15.0. The van der Waals surface area contributed by atoms with Crippen LogP contribution in [0.2, 0.25) is 5.02 Å². The molecule has 44 heavy (non-hydrogen) atoms. The van der Waals surface area contributed by atoms with Gasteiger partial charge in [-0.1, -0.05) is 103 Å². The highest BCUT2D eigenvalue weighted by Crippen LogP contribution is 2.29. The molecule has 4 aromatic carbocycles. The van der Waals surface area contributed by atoms with Crippen LogP contribution in [0.25, 0.3) is 0 Å². The highest BCUT2D eigenvalue weighted by atomic mass is 35.5. The number of sulfonamides is 1. The van der Waals surface area contributed by atoms with Crippen LogP contribution in [0.5, 0.6) is 0 Å². The summed E-state index contributed by atoms with van der Waals surface area (Å²) >= 11 is 6.44. The molecule has 0 saturated heterocycles. The van der Waals surface area contributed by atoms with Crippen LogP contribution in [0.1, 0.15) is 35.6 Å². The fourth-order valence-corrected chi connectivity index (χ4v) is 6.51. The van der Waals surface area contributed by atoms with Gasteiger partial charge in [-0.15, -0.1) is 0 Å². The Balaban J connectivity index is 1.81. The fourth-order valence-electron chi connectivity index (χ4n) is 4.91. The van der Waals surface area contributed by atoms with Crippen molar-refractivity contribution in [1.29, 1.82) is 0 Å². The van der Waals surface area contributed by atoms with E-state index in [0.717, 1.165) is 33.0 Å². The van der Waals surface area contributed by atoms with Crippen molar-refractivity contribution < 1.29 is 18.0 Å². The van der Waals surface area contributed by atoms with E-state index in [1.807, 2.05) is 75.4 Å². The summed E-state index contributed by atoms with van der Waals surface area (Å²) < 4.78 is 29.2. The van der Waals surface area contributed by atoms with Gasteiger partial charge in [-0.05, 0) is 61.2 Å². The minimum Gasteiger partial charge on any atom is -0.354 e. The van der Waals surface area contributed by atoms with E-state index in [-0.39, 0.29) is 29.5 Å². The van der Waals surface area contributed by atoms with Gasteiger partial charge in [0.25, 0.3) is 10.0 Å². The van der Waals surface area contributed by atoms with Crippen LogP contribution in [-0.4, -0.2) is 44.3 Å². The molecule has 0 bridgehead atoms. The Hall–Kier alpha value is -4.14. The van der Waals surface area contributed by atoms with Crippen molar-refractivity contribution in [3.8, 4) is 0 Å². The van der Waals surface area contributed by atoms with E-state index in [1.54, 1.807) is 36.4 Å². The largest absolute Gasteiger partial charge is 0.354 e. The maximum Gasteiger partial charge on any atom is 0.264 e. The molecular formula is C35H38ClN3O4S. The van der Waals surface area contributed by atoms with E-state index in [0.29, 0.717) is 11.6 Å². The highest BCUT2D eigenvalue weighted by molar-refractivity contribution is 7.92. The molecule has 0 heterocycles. The van der Waals surface area contributed by atoms with Crippen LogP contribution in [0.15, 0.2) is 108 Å². The first-order chi connectivity index (χ1) is 21.1. The smallest absolute Gasteiger partial charge is 0.264 e. The molecule has 0 saturated carbocycles. The van der Waals surface area contributed by atoms with Crippen molar-refractivity contribution in [2.45, 2.75) is 51.1 Å². The Bertz CT molecular complexity index is 1680. The number of anilines is 1. The molecule has 1 atom stereocenters. The third-order valence-electron chi connectivity index (χ3n) is 7.31. The molecule has 230 valence electrons.